The van der Waals surface area contributed by atoms with Gasteiger partial charge in [-0.05, 0) is 74.0 Å². The first-order chi connectivity index (χ1) is 12.4. The molecule has 6 atom stereocenters. The highest BCUT2D eigenvalue weighted by Gasteiger charge is 2.59. The summed E-state index contributed by atoms with van der Waals surface area (Å²) in [4.78, 5) is 24.5. The van der Waals surface area contributed by atoms with Gasteiger partial charge in [-0.25, -0.2) is 0 Å². The summed E-state index contributed by atoms with van der Waals surface area (Å²) in [6, 6.07) is 0. The van der Waals surface area contributed by atoms with Gasteiger partial charge in [0.1, 0.15) is 5.78 Å². The van der Waals surface area contributed by atoms with Crippen LogP contribution in [0.15, 0.2) is 0 Å². The second kappa shape index (κ2) is 7.64. The van der Waals surface area contributed by atoms with Gasteiger partial charge < -0.3 is 4.74 Å². The number of fused-ring (bicyclic) bond motifs is 3. The van der Waals surface area contributed by atoms with Gasteiger partial charge in [-0.2, -0.15) is 0 Å². The number of ketones is 1. The van der Waals surface area contributed by atoms with Crippen molar-refractivity contribution in [3.05, 3.63) is 0 Å². The van der Waals surface area contributed by atoms with Gasteiger partial charge in [-0.3, -0.25) is 9.59 Å². The molecule has 3 fully saturated rings. The lowest BCUT2D eigenvalue weighted by atomic mass is 9.46. The van der Waals surface area contributed by atoms with Crippen molar-refractivity contribution in [3.8, 4) is 0 Å². The van der Waals surface area contributed by atoms with Crippen molar-refractivity contribution in [3.63, 3.8) is 0 Å². The maximum absolute atomic E-state index is 12.6. The third-order valence-electron chi connectivity index (χ3n) is 8.78. The Labute approximate surface area is 159 Å². The Bertz CT molecular complexity index is 542. The van der Waals surface area contributed by atoms with E-state index >= 15 is 0 Å². The lowest BCUT2D eigenvalue weighted by Crippen LogP contribution is -2.52. The van der Waals surface area contributed by atoms with E-state index in [9.17, 15) is 9.59 Å². The molecule has 0 aliphatic heterocycles. The molecule has 26 heavy (non-hydrogen) atoms. The fourth-order valence-electron chi connectivity index (χ4n) is 7.09. The van der Waals surface area contributed by atoms with Gasteiger partial charge in [0.05, 0.1) is 7.11 Å². The molecule has 0 aromatic carbocycles. The molecule has 0 saturated heterocycles. The highest BCUT2D eigenvalue weighted by molar-refractivity contribution is 5.87. The SMILES string of the molecule is CCCC[C@@H]1CC[C@@H]2[C@H](CC[C@]3(C)C(=O)CC[C@@H]23)[C@@]1(C)CCC(=O)OC. The number of unbranched alkanes of at least 4 members (excludes halogenated alkanes) is 1. The number of rotatable bonds is 6. The molecule has 0 bridgehead atoms. The Hall–Kier alpha value is -0.860. The van der Waals surface area contributed by atoms with E-state index in [4.69, 9.17) is 4.74 Å². The van der Waals surface area contributed by atoms with Crippen molar-refractivity contribution >= 4 is 11.8 Å². The van der Waals surface area contributed by atoms with Crippen molar-refractivity contribution < 1.29 is 14.3 Å². The molecule has 0 aromatic heterocycles. The van der Waals surface area contributed by atoms with Crippen LogP contribution in [-0.4, -0.2) is 18.9 Å². The number of esters is 1. The third kappa shape index (κ3) is 3.24. The van der Waals surface area contributed by atoms with E-state index in [2.05, 4.69) is 20.8 Å². The molecule has 0 unspecified atom stereocenters. The second-order valence-electron chi connectivity index (χ2n) is 9.79. The molecule has 3 aliphatic rings. The third-order valence-corrected chi connectivity index (χ3v) is 8.78. The first kappa shape index (κ1) is 19.9. The Morgan fingerprint density at radius 1 is 1.15 bits per heavy atom. The van der Waals surface area contributed by atoms with Crippen molar-refractivity contribution in [1.82, 2.24) is 0 Å². The lowest BCUT2D eigenvalue weighted by molar-refractivity contribution is -0.145. The number of Topliss-reactive ketones (excluding diaryl/α,β-unsaturated/α-hetero) is 1. The monoisotopic (exact) mass is 362 g/mol. The van der Waals surface area contributed by atoms with Crippen LogP contribution in [0.3, 0.4) is 0 Å². The maximum atomic E-state index is 12.6. The van der Waals surface area contributed by atoms with Crippen LogP contribution in [-0.2, 0) is 14.3 Å². The maximum Gasteiger partial charge on any atom is 0.305 e. The minimum Gasteiger partial charge on any atom is -0.469 e. The van der Waals surface area contributed by atoms with E-state index in [1.807, 2.05) is 0 Å². The largest absolute Gasteiger partial charge is 0.469 e. The normalized spacial score (nSPS) is 42.2. The average Bonchev–Trinajstić information content (AvgIpc) is 2.94. The molecule has 3 rings (SSSR count). The molecule has 0 N–H and O–H groups in total. The summed E-state index contributed by atoms with van der Waals surface area (Å²) in [7, 11) is 1.50. The smallest absolute Gasteiger partial charge is 0.305 e. The molecule has 3 nitrogen and oxygen atoms in total. The molecule has 0 spiro atoms. The van der Waals surface area contributed by atoms with Crippen LogP contribution in [0, 0.1) is 34.5 Å². The van der Waals surface area contributed by atoms with Crippen LogP contribution in [0.5, 0.6) is 0 Å². The molecule has 3 heteroatoms. The molecule has 148 valence electrons. The average molecular weight is 363 g/mol. The number of methoxy groups -OCH3 is 1. The number of ether oxygens (including phenoxy) is 1. The molecule has 0 amide bonds. The quantitative estimate of drug-likeness (QED) is 0.581. The molecule has 3 saturated carbocycles. The zero-order chi connectivity index (χ0) is 18.9. The Morgan fingerprint density at radius 2 is 1.92 bits per heavy atom. The summed E-state index contributed by atoms with van der Waals surface area (Å²) >= 11 is 0. The predicted octanol–water partition coefficient (Wildman–Crippen LogP) is 5.56. The van der Waals surface area contributed by atoms with Gasteiger partial charge in [0, 0.05) is 18.3 Å². The Kier molecular flexibility index (Phi) is 5.84. The van der Waals surface area contributed by atoms with E-state index in [0.717, 1.165) is 31.6 Å². The number of carbonyl (C=O) groups is 2. The first-order valence-electron chi connectivity index (χ1n) is 11.0. The zero-order valence-corrected chi connectivity index (χ0v) is 17.3. The number of carbonyl (C=O) groups excluding carboxylic acids is 2. The molecule has 0 aromatic rings. The summed E-state index contributed by atoms with van der Waals surface area (Å²) in [5.41, 5.74) is 0.167. The number of hydrogen-bond acceptors (Lipinski definition) is 3. The van der Waals surface area contributed by atoms with E-state index in [1.54, 1.807) is 0 Å². The van der Waals surface area contributed by atoms with Crippen LogP contribution in [0.2, 0.25) is 0 Å². The lowest BCUT2D eigenvalue weighted by Gasteiger charge is -2.58. The zero-order valence-electron chi connectivity index (χ0n) is 17.3. The molecular formula is C23H38O3. The fourth-order valence-corrected chi connectivity index (χ4v) is 7.09. The Balaban J connectivity index is 1.84. The van der Waals surface area contributed by atoms with Crippen LogP contribution < -0.4 is 0 Å². The highest BCUT2D eigenvalue weighted by atomic mass is 16.5. The van der Waals surface area contributed by atoms with Gasteiger partial charge >= 0.3 is 5.97 Å². The van der Waals surface area contributed by atoms with E-state index in [1.165, 1.54) is 45.6 Å². The summed E-state index contributed by atoms with van der Waals surface area (Å²) in [5.74, 6) is 3.10. The van der Waals surface area contributed by atoms with Gasteiger partial charge in [0.2, 0.25) is 0 Å². The Morgan fingerprint density at radius 3 is 2.62 bits per heavy atom. The molecule has 3 aliphatic carbocycles. The minimum atomic E-state index is -0.0701. The van der Waals surface area contributed by atoms with Gasteiger partial charge in [-0.1, -0.05) is 33.6 Å². The van der Waals surface area contributed by atoms with Gasteiger partial charge in [-0.15, -0.1) is 0 Å². The van der Waals surface area contributed by atoms with Gasteiger partial charge in [0.15, 0.2) is 0 Å². The fraction of sp³-hybridized carbons (Fsp3) is 0.913. The highest BCUT2D eigenvalue weighted by Crippen LogP contribution is 2.64. The van der Waals surface area contributed by atoms with Crippen molar-refractivity contribution in [1.29, 1.82) is 0 Å². The van der Waals surface area contributed by atoms with E-state index in [0.29, 0.717) is 30.0 Å². The molecule has 0 heterocycles. The topological polar surface area (TPSA) is 43.4 Å². The summed E-state index contributed by atoms with van der Waals surface area (Å²) < 4.78 is 4.95. The molecular weight excluding hydrogens is 324 g/mol. The second-order valence-corrected chi connectivity index (χ2v) is 9.79. The van der Waals surface area contributed by atoms with Crippen molar-refractivity contribution in [2.75, 3.05) is 7.11 Å². The van der Waals surface area contributed by atoms with E-state index in [-0.39, 0.29) is 16.8 Å². The summed E-state index contributed by atoms with van der Waals surface area (Å²) in [6.45, 7) is 6.98. The van der Waals surface area contributed by atoms with Crippen molar-refractivity contribution in [2.24, 2.45) is 34.5 Å². The van der Waals surface area contributed by atoms with Crippen LogP contribution >= 0.6 is 0 Å². The van der Waals surface area contributed by atoms with Crippen LogP contribution in [0.25, 0.3) is 0 Å². The standard InChI is InChI=1S/C23H38O3/c1-5-6-7-16-8-9-17-18-10-11-20(24)23(18,3)14-12-19(17)22(16,2)15-13-21(25)26-4/h16-19H,5-15H2,1-4H3/t16-,17+,18+,19+,22+,23+/m1/s1. The first-order valence-corrected chi connectivity index (χ1v) is 11.0. The molecule has 0 radical (unpaired) electrons. The van der Waals surface area contributed by atoms with Crippen molar-refractivity contribution in [2.45, 2.75) is 91.4 Å². The summed E-state index contributed by atoms with van der Waals surface area (Å²) in [6.07, 6.45) is 12.0. The predicted molar refractivity (Wildman–Crippen MR) is 104 cm³/mol. The minimum absolute atomic E-state index is 0.0549. The summed E-state index contributed by atoms with van der Waals surface area (Å²) in [5, 5.41) is 0. The van der Waals surface area contributed by atoms with Gasteiger partial charge in [0.25, 0.3) is 0 Å². The van der Waals surface area contributed by atoms with E-state index < -0.39 is 0 Å². The van der Waals surface area contributed by atoms with Crippen LogP contribution in [0.1, 0.15) is 91.4 Å². The number of hydrogen-bond donors (Lipinski definition) is 0. The van der Waals surface area contributed by atoms with Crippen LogP contribution in [0.4, 0.5) is 0 Å².